The predicted octanol–water partition coefficient (Wildman–Crippen LogP) is 3.15. The quantitative estimate of drug-likeness (QED) is 0.814. The molecular formula is C14H14O3S2. The lowest BCUT2D eigenvalue weighted by molar-refractivity contribution is 0.0605. The summed E-state index contributed by atoms with van der Waals surface area (Å²) < 4.78 is 17.0. The topological polar surface area (TPSA) is 43.4 Å². The van der Waals surface area contributed by atoms with Crippen molar-refractivity contribution in [1.29, 1.82) is 0 Å². The van der Waals surface area contributed by atoms with E-state index in [0.717, 1.165) is 16.0 Å². The minimum atomic E-state index is -1.15. The molecule has 1 heterocycles. The van der Waals surface area contributed by atoms with Gasteiger partial charge in [0, 0.05) is 4.90 Å². The van der Waals surface area contributed by atoms with E-state index in [9.17, 15) is 9.00 Å². The van der Waals surface area contributed by atoms with Gasteiger partial charge in [-0.25, -0.2) is 4.79 Å². The summed E-state index contributed by atoms with van der Waals surface area (Å²) in [6, 6.07) is 9.40. The lowest BCUT2D eigenvalue weighted by atomic mass is 10.2. The summed E-state index contributed by atoms with van der Waals surface area (Å²) in [5, 5.41) is 1.81. The minimum absolute atomic E-state index is 0.330. The molecule has 3 nitrogen and oxygen atoms in total. The van der Waals surface area contributed by atoms with E-state index in [0.29, 0.717) is 10.6 Å². The fourth-order valence-electron chi connectivity index (χ4n) is 1.64. The van der Waals surface area contributed by atoms with Gasteiger partial charge in [0.1, 0.15) is 4.88 Å². The van der Waals surface area contributed by atoms with Crippen LogP contribution in [0.3, 0.4) is 0 Å². The van der Waals surface area contributed by atoms with Crippen molar-refractivity contribution >= 4 is 28.1 Å². The molecule has 19 heavy (non-hydrogen) atoms. The van der Waals surface area contributed by atoms with Crippen molar-refractivity contribution in [2.75, 3.05) is 7.11 Å². The molecule has 1 aromatic heterocycles. The zero-order chi connectivity index (χ0) is 13.8. The van der Waals surface area contributed by atoms with E-state index in [4.69, 9.17) is 4.74 Å². The van der Waals surface area contributed by atoms with E-state index in [1.165, 1.54) is 18.4 Å². The molecular weight excluding hydrogens is 280 g/mol. The molecule has 0 amide bonds. The SMILES string of the molecule is COC(=O)c1sccc1CS(=O)c1ccc(C)cc1. The predicted molar refractivity (Wildman–Crippen MR) is 76.9 cm³/mol. The maximum Gasteiger partial charge on any atom is 0.348 e. The fraction of sp³-hybridized carbons (Fsp3) is 0.214. The van der Waals surface area contributed by atoms with Gasteiger partial charge in [-0.2, -0.15) is 0 Å². The maximum absolute atomic E-state index is 12.3. The number of aryl methyl sites for hydroxylation is 1. The molecule has 2 rings (SSSR count). The second kappa shape index (κ2) is 6.12. The summed E-state index contributed by atoms with van der Waals surface area (Å²) in [5.41, 5.74) is 1.90. The molecule has 0 fully saturated rings. The molecule has 0 saturated heterocycles. The van der Waals surface area contributed by atoms with Crippen LogP contribution in [0.15, 0.2) is 40.6 Å². The number of hydrogen-bond acceptors (Lipinski definition) is 4. The van der Waals surface area contributed by atoms with Crippen LogP contribution >= 0.6 is 11.3 Å². The summed E-state index contributed by atoms with van der Waals surface area (Å²) in [5.74, 6) is -0.0392. The second-order valence-electron chi connectivity index (χ2n) is 4.07. The van der Waals surface area contributed by atoms with Gasteiger partial charge in [-0.3, -0.25) is 4.21 Å². The monoisotopic (exact) mass is 294 g/mol. The van der Waals surface area contributed by atoms with Gasteiger partial charge >= 0.3 is 5.97 Å². The summed E-state index contributed by atoms with van der Waals surface area (Å²) in [6.45, 7) is 1.99. The Bertz CT molecular complexity index is 599. The van der Waals surface area contributed by atoms with Gasteiger partial charge in [0.15, 0.2) is 0 Å². The first-order valence-electron chi connectivity index (χ1n) is 5.71. The Labute approximate surface area is 118 Å². The third-order valence-corrected chi connectivity index (χ3v) is 5.00. The Morgan fingerprint density at radius 1 is 1.26 bits per heavy atom. The van der Waals surface area contributed by atoms with E-state index in [-0.39, 0.29) is 5.97 Å². The minimum Gasteiger partial charge on any atom is -0.465 e. The molecule has 1 unspecified atom stereocenters. The highest BCUT2D eigenvalue weighted by molar-refractivity contribution is 7.84. The second-order valence-corrected chi connectivity index (χ2v) is 6.44. The molecule has 0 radical (unpaired) electrons. The van der Waals surface area contributed by atoms with Crippen LogP contribution < -0.4 is 0 Å². The standard InChI is InChI=1S/C14H14O3S2/c1-10-3-5-12(6-4-10)19(16)9-11-7-8-18-13(11)14(15)17-2/h3-8H,9H2,1-2H3. The van der Waals surface area contributed by atoms with Crippen LogP contribution in [0, 0.1) is 6.92 Å². The van der Waals surface area contributed by atoms with Crippen molar-refractivity contribution in [3.63, 3.8) is 0 Å². The molecule has 5 heteroatoms. The van der Waals surface area contributed by atoms with Gasteiger partial charge in [-0.15, -0.1) is 11.3 Å². The van der Waals surface area contributed by atoms with Gasteiger partial charge < -0.3 is 4.74 Å². The van der Waals surface area contributed by atoms with Crippen molar-refractivity contribution in [3.05, 3.63) is 51.7 Å². The van der Waals surface area contributed by atoms with Crippen molar-refractivity contribution in [1.82, 2.24) is 0 Å². The van der Waals surface area contributed by atoms with E-state index in [1.807, 2.05) is 42.6 Å². The Hall–Kier alpha value is -1.46. The number of hydrogen-bond donors (Lipinski definition) is 0. The summed E-state index contributed by atoms with van der Waals surface area (Å²) in [6.07, 6.45) is 0. The van der Waals surface area contributed by atoms with E-state index in [1.54, 1.807) is 0 Å². The van der Waals surface area contributed by atoms with Crippen LogP contribution in [0.4, 0.5) is 0 Å². The highest BCUT2D eigenvalue weighted by Gasteiger charge is 2.16. The van der Waals surface area contributed by atoms with E-state index < -0.39 is 10.8 Å². The van der Waals surface area contributed by atoms with Crippen molar-refractivity contribution < 1.29 is 13.7 Å². The first-order chi connectivity index (χ1) is 9.11. The van der Waals surface area contributed by atoms with Gasteiger partial charge in [0.25, 0.3) is 0 Å². The van der Waals surface area contributed by atoms with Crippen LogP contribution in [-0.4, -0.2) is 17.3 Å². The molecule has 0 aliphatic carbocycles. The number of carbonyl (C=O) groups excluding carboxylic acids is 1. The third-order valence-electron chi connectivity index (χ3n) is 2.69. The number of thiophene rings is 1. The number of methoxy groups -OCH3 is 1. The van der Waals surface area contributed by atoms with Gasteiger partial charge in [0.2, 0.25) is 0 Å². The number of benzene rings is 1. The zero-order valence-corrected chi connectivity index (χ0v) is 12.3. The average Bonchev–Trinajstić information content (AvgIpc) is 2.86. The lowest BCUT2D eigenvalue weighted by Gasteiger charge is -2.04. The summed E-state index contributed by atoms with van der Waals surface area (Å²) >= 11 is 1.31. The van der Waals surface area contributed by atoms with Gasteiger partial charge in [-0.05, 0) is 36.1 Å². The molecule has 1 atom stereocenters. The summed E-state index contributed by atoms with van der Waals surface area (Å²) in [4.78, 5) is 12.8. The number of rotatable bonds is 4. The smallest absolute Gasteiger partial charge is 0.348 e. The molecule has 2 aromatic rings. The Balaban J connectivity index is 2.17. The molecule has 0 aliphatic rings. The lowest BCUT2D eigenvalue weighted by Crippen LogP contribution is -2.04. The normalized spacial score (nSPS) is 12.1. The molecule has 0 aliphatic heterocycles. The first-order valence-corrected chi connectivity index (χ1v) is 7.91. The van der Waals surface area contributed by atoms with Gasteiger partial charge in [-0.1, -0.05) is 17.7 Å². The van der Waals surface area contributed by atoms with Crippen molar-refractivity contribution in [2.24, 2.45) is 0 Å². The molecule has 0 spiro atoms. The fourth-order valence-corrected chi connectivity index (χ4v) is 3.70. The average molecular weight is 294 g/mol. The molecule has 0 bridgehead atoms. The number of carbonyl (C=O) groups is 1. The Morgan fingerprint density at radius 2 is 1.95 bits per heavy atom. The maximum atomic E-state index is 12.3. The van der Waals surface area contributed by atoms with Crippen molar-refractivity contribution in [2.45, 2.75) is 17.6 Å². The summed E-state index contributed by atoms with van der Waals surface area (Å²) in [7, 11) is 0.199. The molecule has 1 aromatic carbocycles. The number of ether oxygens (including phenoxy) is 1. The van der Waals surface area contributed by atoms with Crippen LogP contribution in [0.25, 0.3) is 0 Å². The largest absolute Gasteiger partial charge is 0.465 e. The Morgan fingerprint density at radius 3 is 2.58 bits per heavy atom. The Kier molecular flexibility index (Phi) is 4.50. The molecule has 0 N–H and O–H groups in total. The van der Waals surface area contributed by atoms with Crippen LogP contribution in [0.1, 0.15) is 20.8 Å². The number of esters is 1. The van der Waals surface area contributed by atoms with Gasteiger partial charge in [0.05, 0.1) is 23.7 Å². The third kappa shape index (κ3) is 3.30. The zero-order valence-electron chi connectivity index (χ0n) is 10.7. The first kappa shape index (κ1) is 14.0. The molecule has 100 valence electrons. The van der Waals surface area contributed by atoms with Crippen molar-refractivity contribution in [3.8, 4) is 0 Å². The molecule has 0 saturated carbocycles. The van der Waals surface area contributed by atoms with E-state index in [2.05, 4.69) is 0 Å². The van der Waals surface area contributed by atoms with Crippen LogP contribution in [-0.2, 0) is 21.3 Å². The van der Waals surface area contributed by atoms with E-state index >= 15 is 0 Å². The van der Waals surface area contributed by atoms with Crippen LogP contribution in [0.5, 0.6) is 0 Å². The highest BCUT2D eigenvalue weighted by atomic mass is 32.2. The highest BCUT2D eigenvalue weighted by Crippen LogP contribution is 2.21. The van der Waals surface area contributed by atoms with Crippen LogP contribution in [0.2, 0.25) is 0 Å².